The zero-order chi connectivity index (χ0) is 9.84. The fraction of sp³-hybridized carbons (Fsp3) is 0.556. The van der Waals surface area contributed by atoms with Crippen LogP contribution in [-0.2, 0) is 6.54 Å². The summed E-state index contributed by atoms with van der Waals surface area (Å²) in [6.07, 6.45) is 0. The Morgan fingerprint density at radius 3 is 2.85 bits per heavy atom. The van der Waals surface area contributed by atoms with Crippen LogP contribution in [0.15, 0.2) is 9.85 Å². The van der Waals surface area contributed by atoms with E-state index in [0.29, 0.717) is 12.6 Å². The molecule has 0 amide bonds. The van der Waals surface area contributed by atoms with Gasteiger partial charge in [0.2, 0.25) is 0 Å². The third kappa shape index (κ3) is 3.38. The molecule has 0 aliphatic rings. The molecule has 2 nitrogen and oxygen atoms in total. The van der Waals surface area contributed by atoms with E-state index in [-0.39, 0.29) is 0 Å². The molecule has 74 valence electrons. The number of nitrogens with two attached hydrogens (primary N) is 1. The van der Waals surface area contributed by atoms with E-state index in [0.717, 1.165) is 6.54 Å². The van der Waals surface area contributed by atoms with E-state index in [4.69, 9.17) is 5.73 Å². The summed E-state index contributed by atoms with van der Waals surface area (Å²) in [4.78, 5) is 1.35. The smallest absolute Gasteiger partial charge is 0.0730 e. The van der Waals surface area contributed by atoms with E-state index < -0.39 is 0 Å². The molecule has 0 fully saturated rings. The Bertz CT molecular complexity index is 253. The molecule has 0 aliphatic heterocycles. The van der Waals surface area contributed by atoms with Crippen molar-refractivity contribution in [2.24, 2.45) is 5.73 Å². The number of rotatable bonds is 4. The van der Waals surface area contributed by atoms with Crippen molar-refractivity contribution in [1.82, 2.24) is 5.32 Å². The number of nitrogens with one attached hydrogen (secondary N) is 1. The van der Waals surface area contributed by atoms with Crippen molar-refractivity contribution in [3.8, 4) is 0 Å². The first-order valence-electron chi connectivity index (χ1n) is 4.31. The molecule has 4 heteroatoms. The highest BCUT2D eigenvalue weighted by Crippen LogP contribution is 2.27. The van der Waals surface area contributed by atoms with Gasteiger partial charge in [0.15, 0.2) is 0 Å². The van der Waals surface area contributed by atoms with Gasteiger partial charge in [-0.25, -0.2) is 0 Å². The summed E-state index contributed by atoms with van der Waals surface area (Å²) in [5.74, 6) is 0. The van der Waals surface area contributed by atoms with Crippen LogP contribution in [-0.4, -0.2) is 12.6 Å². The largest absolute Gasteiger partial charge is 0.329 e. The van der Waals surface area contributed by atoms with Crippen molar-refractivity contribution in [2.45, 2.75) is 26.4 Å². The zero-order valence-electron chi connectivity index (χ0n) is 7.93. The molecule has 1 atom stereocenters. The molecule has 1 aromatic heterocycles. The topological polar surface area (TPSA) is 38.0 Å². The highest BCUT2D eigenvalue weighted by Gasteiger charge is 2.03. The zero-order valence-corrected chi connectivity index (χ0v) is 10.3. The Hall–Kier alpha value is 0.100. The van der Waals surface area contributed by atoms with Gasteiger partial charge in [0.05, 0.1) is 3.79 Å². The molecule has 1 aromatic rings. The molecule has 0 spiro atoms. The summed E-state index contributed by atoms with van der Waals surface area (Å²) in [7, 11) is 0. The molecule has 0 aromatic carbocycles. The normalized spacial score (nSPS) is 13.2. The molecule has 3 N–H and O–H groups in total. The monoisotopic (exact) mass is 262 g/mol. The van der Waals surface area contributed by atoms with Crippen molar-refractivity contribution in [3.63, 3.8) is 0 Å². The first kappa shape index (κ1) is 11.2. The molecular formula is C9H15BrN2S. The summed E-state index contributed by atoms with van der Waals surface area (Å²) < 4.78 is 1.23. The predicted molar refractivity (Wildman–Crippen MR) is 62.1 cm³/mol. The molecule has 1 rings (SSSR count). The van der Waals surface area contributed by atoms with Gasteiger partial charge >= 0.3 is 0 Å². The minimum Gasteiger partial charge on any atom is -0.329 e. The Labute approximate surface area is 91.7 Å². The molecule has 0 bridgehead atoms. The SMILES string of the molecule is Cc1cc(CN[C@H](C)CN)sc1Br. The molecule has 0 saturated heterocycles. The van der Waals surface area contributed by atoms with Crippen LogP contribution in [0.5, 0.6) is 0 Å². The van der Waals surface area contributed by atoms with Crippen LogP contribution in [0.2, 0.25) is 0 Å². The number of thiophene rings is 1. The fourth-order valence-electron chi connectivity index (χ4n) is 0.969. The maximum atomic E-state index is 5.50. The highest BCUT2D eigenvalue weighted by molar-refractivity contribution is 9.11. The average Bonchev–Trinajstić information content (AvgIpc) is 2.42. The summed E-state index contributed by atoms with van der Waals surface area (Å²) in [5, 5.41) is 3.35. The second-order valence-electron chi connectivity index (χ2n) is 3.19. The highest BCUT2D eigenvalue weighted by atomic mass is 79.9. The van der Waals surface area contributed by atoms with Crippen LogP contribution in [0.1, 0.15) is 17.4 Å². The Morgan fingerprint density at radius 1 is 1.69 bits per heavy atom. The van der Waals surface area contributed by atoms with Crippen LogP contribution >= 0.6 is 27.3 Å². The quantitative estimate of drug-likeness (QED) is 0.874. The van der Waals surface area contributed by atoms with Gasteiger partial charge in [-0.3, -0.25) is 0 Å². The number of hydrogen-bond donors (Lipinski definition) is 2. The van der Waals surface area contributed by atoms with Crippen molar-refractivity contribution in [1.29, 1.82) is 0 Å². The minimum atomic E-state index is 0.390. The summed E-state index contributed by atoms with van der Waals surface area (Å²) in [5.41, 5.74) is 6.81. The predicted octanol–water partition coefficient (Wildman–Crippen LogP) is 2.26. The van der Waals surface area contributed by atoms with E-state index >= 15 is 0 Å². The van der Waals surface area contributed by atoms with Crippen LogP contribution in [0.25, 0.3) is 0 Å². The van der Waals surface area contributed by atoms with Gasteiger partial charge in [0, 0.05) is 24.0 Å². The Kier molecular flexibility index (Phi) is 4.38. The van der Waals surface area contributed by atoms with Gasteiger partial charge < -0.3 is 11.1 Å². The van der Waals surface area contributed by atoms with E-state index in [9.17, 15) is 0 Å². The van der Waals surface area contributed by atoms with Crippen molar-refractivity contribution in [2.75, 3.05) is 6.54 Å². The minimum absolute atomic E-state index is 0.390. The lowest BCUT2D eigenvalue weighted by Gasteiger charge is -2.09. The number of hydrogen-bond acceptors (Lipinski definition) is 3. The van der Waals surface area contributed by atoms with Crippen molar-refractivity contribution in [3.05, 3.63) is 20.3 Å². The maximum absolute atomic E-state index is 5.50. The average molecular weight is 263 g/mol. The summed E-state index contributed by atoms with van der Waals surface area (Å²) >= 11 is 5.29. The third-order valence-corrected chi connectivity index (χ3v) is 4.02. The lowest BCUT2D eigenvalue weighted by Crippen LogP contribution is -2.32. The maximum Gasteiger partial charge on any atom is 0.0730 e. The molecule has 0 radical (unpaired) electrons. The van der Waals surface area contributed by atoms with Gasteiger partial charge in [0.25, 0.3) is 0 Å². The lowest BCUT2D eigenvalue weighted by atomic mass is 10.3. The summed E-state index contributed by atoms with van der Waals surface area (Å²) in [6, 6.07) is 2.59. The molecule has 0 saturated carbocycles. The molecule has 0 aliphatic carbocycles. The van der Waals surface area contributed by atoms with Gasteiger partial charge in [-0.15, -0.1) is 11.3 Å². The Morgan fingerprint density at radius 2 is 2.38 bits per heavy atom. The second-order valence-corrected chi connectivity index (χ2v) is 5.64. The van der Waals surface area contributed by atoms with Crippen LogP contribution < -0.4 is 11.1 Å². The van der Waals surface area contributed by atoms with E-state index in [2.05, 4.69) is 41.2 Å². The standard InChI is InChI=1S/C9H15BrN2S/c1-6-3-8(13-9(6)10)5-12-7(2)4-11/h3,7,12H,4-5,11H2,1-2H3/t7-/m1/s1. The number of aryl methyl sites for hydroxylation is 1. The molecule has 1 heterocycles. The number of halogens is 1. The van der Waals surface area contributed by atoms with Crippen LogP contribution in [0.4, 0.5) is 0 Å². The lowest BCUT2D eigenvalue weighted by molar-refractivity contribution is 0.560. The molecular weight excluding hydrogens is 248 g/mol. The fourth-order valence-corrected chi connectivity index (χ4v) is 2.55. The Balaban J connectivity index is 2.45. The van der Waals surface area contributed by atoms with Crippen molar-refractivity contribution >= 4 is 27.3 Å². The van der Waals surface area contributed by atoms with E-state index in [1.54, 1.807) is 11.3 Å². The van der Waals surface area contributed by atoms with E-state index in [1.807, 2.05) is 0 Å². The van der Waals surface area contributed by atoms with Gasteiger partial charge in [0.1, 0.15) is 0 Å². The van der Waals surface area contributed by atoms with Crippen LogP contribution in [0.3, 0.4) is 0 Å². The van der Waals surface area contributed by atoms with Crippen molar-refractivity contribution < 1.29 is 0 Å². The molecule has 0 unspecified atom stereocenters. The van der Waals surface area contributed by atoms with Crippen LogP contribution in [0, 0.1) is 6.92 Å². The first-order chi connectivity index (χ1) is 6.13. The third-order valence-electron chi connectivity index (χ3n) is 1.89. The van der Waals surface area contributed by atoms with Gasteiger partial charge in [-0.2, -0.15) is 0 Å². The summed E-state index contributed by atoms with van der Waals surface area (Å²) in [6.45, 7) is 5.80. The molecule has 13 heavy (non-hydrogen) atoms. The van der Waals surface area contributed by atoms with E-state index in [1.165, 1.54) is 14.2 Å². The second kappa shape index (κ2) is 5.10. The van der Waals surface area contributed by atoms with Gasteiger partial charge in [-0.1, -0.05) is 0 Å². The first-order valence-corrected chi connectivity index (χ1v) is 5.92. The van der Waals surface area contributed by atoms with Gasteiger partial charge in [-0.05, 0) is 41.4 Å².